The van der Waals surface area contributed by atoms with Crippen LogP contribution in [0.4, 0.5) is 0 Å². The van der Waals surface area contributed by atoms with E-state index in [1.807, 2.05) is 12.1 Å². The minimum atomic E-state index is -0.280. The molecule has 5 heteroatoms. The van der Waals surface area contributed by atoms with E-state index in [0.717, 1.165) is 51.5 Å². The molecule has 0 saturated carbocycles. The molecule has 1 aromatic carbocycles. The van der Waals surface area contributed by atoms with Gasteiger partial charge >= 0.3 is 0 Å². The summed E-state index contributed by atoms with van der Waals surface area (Å²) in [6.45, 7) is 8.44. The van der Waals surface area contributed by atoms with Crippen molar-refractivity contribution in [1.29, 1.82) is 0 Å². The Bertz CT molecular complexity index is 912. The highest BCUT2D eigenvalue weighted by molar-refractivity contribution is 6.16. The van der Waals surface area contributed by atoms with Gasteiger partial charge in [-0.15, -0.1) is 0 Å². The van der Waals surface area contributed by atoms with Crippen LogP contribution in [0.2, 0.25) is 0 Å². The van der Waals surface area contributed by atoms with Crippen molar-refractivity contribution in [3.63, 3.8) is 0 Å². The van der Waals surface area contributed by atoms with Crippen molar-refractivity contribution >= 4 is 5.71 Å². The number of benzene rings is 1. The number of ether oxygens (including phenoxy) is 2. The zero-order valence-corrected chi connectivity index (χ0v) is 15.9. The first-order valence-electron chi connectivity index (χ1n) is 8.90. The summed E-state index contributed by atoms with van der Waals surface area (Å²) in [6, 6.07) is 5.74. The van der Waals surface area contributed by atoms with Gasteiger partial charge in [0.2, 0.25) is 0 Å². The highest BCUT2D eigenvalue weighted by atomic mass is 16.5. The van der Waals surface area contributed by atoms with Crippen molar-refractivity contribution in [3.8, 4) is 11.5 Å². The van der Waals surface area contributed by atoms with Crippen LogP contribution in [-0.4, -0.2) is 24.0 Å². The minimum Gasteiger partial charge on any atom is -0.619 e. The number of hydrogen-bond acceptors (Lipinski definition) is 4. The molecule has 0 radical (unpaired) electrons. The van der Waals surface area contributed by atoms with Gasteiger partial charge in [0.05, 0.1) is 18.4 Å². The summed E-state index contributed by atoms with van der Waals surface area (Å²) in [5.41, 5.74) is 4.87. The van der Waals surface area contributed by atoms with Crippen LogP contribution in [0.3, 0.4) is 0 Å². The summed E-state index contributed by atoms with van der Waals surface area (Å²) in [5.74, 6) is 1.60. The third-order valence-electron chi connectivity index (χ3n) is 4.98. The lowest BCUT2D eigenvalue weighted by atomic mass is 9.81. The average molecular weight is 352 g/mol. The number of aliphatic imine (C=N–C) groups is 1. The molecule has 0 bridgehead atoms. The van der Waals surface area contributed by atoms with Gasteiger partial charge in [-0.05, 0) is 45.7 Å². The predicted octanol–water partition coefficient (Wildman–Crippen LogP) is 3.21. The quantitative estimate of drug-likeness (QED) is 0.616. The molecule has 0 unspecified atom stereocenters. The lowest BCUT2D eigenvalue weighted by Gasteiger charge is -2.30. The summed E-state index contributed by atoms with van der Waals surface area (Å²) < 4.78 is 12.6. The van der Waals surface area contributed by atoms with Crippen molar-refractivity contribution in [2.75, 3.05) is 7.11 Å². The third kappa shape index (κ3) is 2.71. The Balaban J connectivity index is 1.98. The van der Waals surface area contributed by atoms with Crippen molar-refractivity contribution in [2.45, 2.75) is 51.7 Å². The number of pyridine rings is 1. The maximum atomic E-state index is 11.5. The van der Waals surface area contributed by atoms with Gasteiger partial charge in [-0.2, -0.15) is 4.73 Å². The first kappa shape index (κ1) is 16.9. The molecule has 2 aliphatic heterocycles. The standard InChI is InChI=1S/C21H24N2O3/c1-20(2)11-14-10-16(25-5)19-15(12-21(3,4)26-19)17(14)18(22-20)13-6-8-23(24)9-7-13/h6-10H,11-12H2,1-5H3. The normalized spacial score (nSPS) is 19.2. The Morgan fingerprint density at radius 2 is 1.85 bits per heavy atom. The Morgan fingerprint density at radius 3 is 2.50 bits per heavy atom. The van der Waals surface area contributed by atoms with Crippen LogP contribution in [0.1, 0.15) is 49.9 Å². The van der Waals surface area contributed by atoms with Crippen LogP contribution in [0.25, 0.3) is 0 Å². The molecule has 1 aromatic heterocycles. The largest absolute Gasteiger partial charge is 0.619 e. The van der Waals surface area contributed by atoms with Crippen LogP contribution in [0.5, 0.6) is 11.5 Å². The molecule has 0 amide bonds. The van der Waals surface area contributed by atoms with Crippen LogP contribution in [0.15, 0.2) is 35.6 Å². The summed E-state index contributed by atoms with van der Waals surface area (Å²) >= 11 is 0. The van der Waals surface area contributed by atoms with Crippen molar-refractivity contribution in [1.82, 2.24) is 0 Å². The molecule has 3 heterocycles. The van der Waals surface area contributed by atoms with Crippen molar-refractivity contribution < 1.29 is 14.2 Å². The fourth-order valence-electron chi connectivity index (χ4n) is 4.00. The Labute approximate surface area is 153 Å². The van der Waals surface area contributed by atoms with Crippen molar-refractivity contribution in [3.05, 3.63) is 58.1 Å². The van der Waals surface area contributed by atoms with Crippen LogP contribution < -0.4 is 14.2 Å². The molecule has 2 aliphatic rings. The topological polar surface area (TPSA) is 57.8 Å². The van der Waals surface area contributed by atoms with E-state index in [1.54, 1.807) is 7.11 Å². The second-order valence-electron chi connectivity index (χ2n) is 8.36. The minimum absolute atomic E-state index is 0.222. The molecular formula is C21H24N2O3. The summed E-state index contributed by atoms with van der Waals surface area (Å²) in [5, 5.41) is 11.5. The average Bonchev–Trinajstić information content (AvgIpc) is 2.88. The third-order valence-corrected chi connectivity index (χ3v) is 4.98. The van der Waals surface area contributed by atoms with E-state index in [2.05, 4.69) is 33.8 Å². The Kier molecular flexibility index (Phi) is 3.55. The summed E-state index contributed by atoms with van der Waals surface area (Å²) in [4.78, 5) is 5.05. The molecule has 4 rings (SSSR count). The first-order valence-corrected chi connectivity index (χ1v) is 8.90. The highest BCUT2D eigenvalue weighted by Gasteiger charge is 2.39. The zero-order chi connectivity index (χ0) is 18.7. The first-order chi connectivity index (χ1) is 12.2. The van der Waals surface area contributed by atoms with Gasteiger partial charge in [0, 0.05) is 35.2 Å². The SMILES string of the molecule is COc1cc2c(c3c1OC(C)(C)C3)C(c1cc[n+]([O-])cc1)=NC(C)(C)C2. The second-order valence-corrected chi connectivity index (χ2v) is 8.36. The maximum absolute atomic E-state index is 11.5. The molecule has 136 valence electrons. The Morgan fingerprint density at radius 1 is 1.15 bits per heavy atom. The molecule has 0 saturated heterocycles. The lowest BCUT2D eigenvalue weighted by molar-refractivity contribution is -0.605. The highest BCUT2D eigenvalue weighted by Crippen LogP contribution is 2.47. The molecule has 0 aliphatic carbocycles. The zero-order valence-electron chi connectivity index (χ0n) is 15.9. The number of hydrogen-bond donors (Lipinski definition) is 0. The molecule has 2 aromatic rings. The van der Waals surface area contributed by atoms with E-state index in [9.17, 15) is 5.21 Å². The van der Waals surface area contributed by atoms with E-state index in [0.29, 0.717) is 0 Å². The van der Waals surface area contributed by atoms with Gasteiger partial charge in [-0.25, -0.2) is 0 Å². The van der Waals surface area contributed by atoms with E-state index < -0.39 is 0 Å². The van der Waals surface area contributed by atoms with E-state index in [1.165, 1.54) is 18.0 Å². The number of nitrogens with zero attached hydrogens (tertiary/aromatic N) is 2. The number of aromatic nitrogens is 1. The van der Waals surface area contributed by atoms with Crippen molar-refractivity contribution in [2.24, 2.45) is 4.99 Å². The van der Waals surface area contributed by atoms with Gasteiger partial charge in [0.15, 0.2) is 23.9 Å². The van der Waals surface area contributed by atoms with Gasteiger partial charge < -0.3 is 14.7 Å². The van der Waals surface area contributed by atoms with Crippen LogP contribution >= 0.6 is 0 Å². The molecular weight excluding hydrogens is 328 g/mol. The molecule has 26 heavy (non-hydrogen) atoms. The fourth-order valence-corrected chi connectivity index (χ4v) is 4.00. The van der Waals surface area contributed by atoms with Gasteiger partial charge in [-0.1, -0.05) is 0 Å². The molecule has 5 nitrogen and oxygen atoms in total. The summed E-state index contributed by atoms with van der Waals surface area (Å²) in [6.07, 6.45) is 4.67. The lowest BCUT2D eigenvalue weighted by Crippen LogP contribution is -2.31. The van der Waals surface area contributed by atoms with E-state index in [-0.39, 0.29) is 11.1 Å². The number of fused-ring (bicyclic) bond motifs is 3. The Hall–Kier alpha value is -2.56. The number of rotatable bonds is 2. The van der Waals surface area contributed by atoms with Crippen LogP contribution in [-0.2, 0) is 12.8 Å². The van der Waals surface area contributed by atoms with Gasteiger partial charge in [0.1, 0.15) is 5.60 Å². The molecule has 0 N–H and O–H groups in total. The van der Waals surface area contributed by atoms with Gasteiger partial charge in [-0.3, -0.25) is 4.99 Å². The predicted molar refractivity (Wildman–Crippen MR) is 100 cm³/mol. The van der Waals surface area contributed by atoms with Gasteiger partial charge in [0.25, 0.3) is 0 Å². The fraction of sp³-hybridized carbons (Fsp3) is 0.429. The van der Waals surface area contributed by atoms with E-state index in [4.69, 9.17) is 14.5 Å². The molecule has 0 atom stereocenters. The summed E-state index contributed by atoms with van der Waals surface area (Å²) in [7, 11) is 1.68. The monoisotopic (exact) mass is 352 g/mol. The smallest absolute Gasteiger partial charge is 0.181 e. The van der Waals surface area contributed by atoms with Crippen LogP contribution in [0, 0.1) is 5.21 Å². The molecule has 0 fully saturated rings. The van der Waals surface area contributed by atoms with E-state index >= 15 is 0 Å². The second kappa shape index (κ2) is 5.47. The number of methoxy groups -OCH3 is 1. The molecule has 0 spiro atoms. The maximum Gasteiger partial charge on any atom is 0.181 e.